The van der Waals surface area contributed by atoms with Crippen molar-refractivity contribution in [2.24, 2.45) is 0 Å². The molecule has 1 N–H and O–H groups in total. The summed E-state index contributed by atoms with van der Waals surface area (Å²) in [7, 11) is 0. The molecule has 2 heterocycles. The molecular weight excluding hydrogens is 306 g/mol. The Hall–Kier alpha value is -2.40. The van der Waals surface area contributed by atoms with Gasteiger partial charge in [0.2, 0.25) is 0 Å². The molecule has 2 aromatic heterocycles. The van der Waals surface area contributed by atoms with Crippen LogP contribution in [-0.4, -0.2) is 21.7 Å². The van der Waals surface area contributed by atoms with Crippen molar-refractivity contribution in [3.05, 3.63) is 59.6 Å². The highest BCUT2D eigenvalue weighted by Crippen LogP contribution is 2.25. The standard InChI is InChI=1S/C18H19N3OS/c1-3-13(2)19-18(22)16-12-15(17-10-7-11-23-17)20-21(16)14-8-5-4-6-9-14/h4-13H,3H2,1-2H3,(H,19,22)/t13-/m0/s1. The van der Waals surface area contributed by atoms with Crippen LogP contribution in [0.1, 0.15) is 30.8 Å². The molecule has 0 aliphatic heterocycles. The molecule has 1 aromatic carbocycles. The van der Waals surface area contributed by atoms with Crippen LogP contribution in [0.5, 0.6) is 0 Å². The summed E-state index contributed by atoms with van der Waals surface area (Å²) in [5, 5.41) is 9.67. The van der Waals surface area contributed by atoms with Gasteiger partial charge < -0.3 is 5.32 Å². The van der Waals surface area contributed by atoms with Gasteiger partial charge in [-0.05, 0) is 43.0 Å². The summed E-state index contributed by atoms with van der Waals surface area (Å²) in [5.41, 5.74) is 2.25. The van der Waals surface area contributed by atoms with E-state index in [1.807, 2.05) is 60.8 Å². The summed E-state index contributed by atoms with van der Waals surface area (Å²) in [5.74, 6) is -0.0986. The second kappa shape index (κ2) is 6.79. The highest BCUT2D eigenvalue weighted by atomic mass is 32.1. The minimum Gasteiger partial charge on any atom is -0.348 e. The number of nitrogens with zero attached hydrogens (tertiary/aromatic N) is 2. The number of para-hydroxylation sites is 1. The fourth-order valence-electron chi connectivity index (χ4n) is 2.25. The van der Waals surface area contributed by atoms with Gasteiger partial charge >= 0.3 is 0 Å². The van der Waals surface area contributed by atoms with Crippen LogP contribution in [0.3, 0.4) is 0 Å². The third kappa shape index (κ3) is 3.35. The number of rotatable bonds is 5. The molecule has 0 saturated heterocycles. The Morgan fingerprint density at radius 3 is 2.70 bits per heavy atom. The van der Waals surface area contributed by atoms with Crippen LogP contribution in [0.4, 0.5) is 0 Å². The fraction of sp³-hybridized carbons (Fsp3) is 0.222. The lowest BCUT2D eigenvalue weighted by atomic mass is 10.2. The highest BCUT2D eigenvalue weighted by molar-refractivity contribution is 7.13. The van der Waals surface area contributed by atoms with Crippen LogP contribution in [-0.2, 0) is 0 Å². The Kier molecular flexibility index (Phi) is 4.57. The number of aromatic nitrogens is 2. The second-order valence-corrected chi connectivity index (χ2v) is 6.37. The molecular formula is C18H19N3OS. The average molecular weight is 325 g/mol. The van der Waals surface area contributed by atoms with Crippen molar-refractivity contribution in [3.8, 4) is 16.3 Å². The van der Waals surface area contributed by atoms with Crippen LogP contribution in [0.25, 0.3) is 16.3 Å². The van der Waals surface area contributed by atoms with Gasteiger partial charge in [0.25, 0.3) is 5.91 Å². The topological polar surface area (TPSA) is 46.9 Å². The predicted octanol–water partition coefficient (Wildman–Crippen LogP) is 4.13. The van der Waals surface area contributed by atoms with E-state index in [0.29, 0.717) is 5.69 Å². The van der Waals surface area contributed by atoms with Crippen molar-refractivity contribution in [2.45, 2.75) is 26.3 Å². The van der Waals surface area contributed by atoms with E-state index >= 15 is 0 Å². The van der Waals surface area contributed by atoms with E-state index in [2.05, 4.69) is 17.3 Å². The van der Waals surface area contributed by atoms with E-state index in [1.54, 1.807) is 16.0 Å². The van der Waals surface area contributed by atoms with Gasteiger partial charge in [0.1, 0.15) is 11.4 Å². The van der Waals surface area contributed by atoms with Crippen molar-refractivity contribution >= 4 is 17.2 Å². The predicted molar refractivity (Wildman–Crippen MR) is 94.1 cm³/mol. The molecule has 0 fully saturated rings. The minimum absolute atomic E-state index is 0.0986. The highest BCUT2D eigenvalue weighted by Gasteiger charge is 2.18. The largest absolute Gasteiger partial charge is 0.348 e. The average Bonchev–Trinajstić information content (AvgIpc) is 3.24. The first-order chi connectivity index (χ1) is 11.2. The lowest BCUT2D eigenvalue weighted by Crippen LogP contribution is -2.33. The van der Waals surface area contributed by atoms with Crippen LogP contribution in [0.15, 0.2) is 53.9 Å². The van der Waals surface area contributed by atoms with E-state index < -0.39 is 0 Å². The lowest BCUT2D eigenvalue weighted by Gasteiger charge is -2.12. The van der Waals surface area contributed by atoms with E-state index in [-0.39, 0.29) is 11.9 Å². The van der Waals surface area contributed by atoms with Crippen molar-refractivity contribution in [1.82, 2.24) is 15.1 Å². The van der Waals surface area contributed by atoms with Crippen LogP contribution < -0.4 is 5.32 Å². The number of carbonyl (C=O) groups is 1. The van der Waals surface area contributed by atoms with Crippen molar-refractivity contribution in [3.63, 3.8) is 0 Å². The number of thiophene rings is 1. The molecule has 5 heteroatoms. The molecule has 0 unspecified atom stereocenters. The quantitative estimate of drug-likeness (QED) is 0.767. The molecule has 0 aliphatic rings. The summed E-state index contributed by atoms with van der Waals surface area (Å²) in [6.07, 6.45) is 0.892. The molecule has 0 aliphatic carbocycles. The monoisotopic (exact) mass is 325 g/mol. The van der Waals surface area contributed by atoms with Gasteiger partial charge in [-0.25, -0.2) is 4.68 Å². The molecule has 1 atom stereocenters. The fourth-order valence-corrected chi connectivity index (χ4v) is 2.93. The molecule has 0 saturated carbocycles. The van der Waals surface area contributed by atoms with E-state index in [1.165, 1.54) is 0 Å². The van der Waals surface area contributed by atoms with E-state index in [4.69, 9.17) is 0 Å². The Balaban J connectivity index is 2.04. The zero-order valence-electron chi connectivity index (χ0n) is 13.2. The zero-order valence-corrected chi connectivity index (χ0v) is 14.0. The lowest BCUT2D eigenvalue weighted by molar-refractivity contribution is 0.0931. The minimum atomic E-state index is -0.0986. The number of carbonyl (C=O) groups excluding carboxylic acids is 1. The Morgan fingerprint density at radius 1 is 1.26 bits per heavy atom. The third-order valence-electron chi connectivity index (χ3n) is 3.71. The zero-order chi connectivity index (χ0) is 16.2. The van der Waals surface area contributed by atoms with E-state index in [9.17, 15) is 4.79 Å². The molecule has 0 spiro atoms. The van der Waals surface area contributed by atoms with Crippen LogP contribution in [0.2, 0.25) is 0 Å². The summed E-state index contributed by atoms with van der Waals surface area (Å²) >= 11 is 1.62. The normalized spacial score (nSPS) is 12.1. The molecule has 3 rings (SSSR count). The summed E-state index contributed by atoms with van der Waals surface area (Å²) in [6.45, 7) is 4.05. The maximum atomic E-state index is 12.6. The number of nitrogens with one attached hydrogen (secondary N) is 1. The first-order valence-electron chi connectivity index (χ1n) is 7.69. The first kappa shape index (κ1) is 15.5. The number of amides is 1. The molecule has 1 amide bonds. The van der Waals surface area contributed by atoms with Gasteiger partial charge in [-0.3, -0.25) is 4.79 Å². The SMILES string of the molecule is CC[C@H](C)NC(=O)c1cc(-c2cccs2)nn1-c1ccccc1. The molecule has 0 bridgehead atoms. The van der Waals surface area contributed by atoms with Crippen molar-refractivity contribution < 1.29 is 4.79 Å². The van der Waals surface area contributed by atoms with Gasteiger partial charge in [-0.2, -0.15) is 5.10 Å². The molecule has 4 nitrogen and oxygen atoms in total. The van der Waals surface area contributed by atoms with Gasteiger partial charge in [0.05, 0.1) is 10.6 Å². The van der Waals surface area contributed by atoms with Crippen molar-refractivity contribution in [2.75, 3.05) is 0 Å². The summed E-state index contributed by atoms with van der Waals surface area (Å²) in [6, 6.07) is 15.7. The summed E-state index contributed by atoms with van der Waals surface area (Å²) in [4.78, 5) is 13.7. The molecule has 23 heavy (non-hydrogen) atoms. The van der Waals surface area contributed by atoms with Gasteiger partial charge in [0.15, 0.2) is 0 Å². The van der Waals surface area contributed by atoms with Crippen molar-refractivity contribution in [1.29, 1.82) is 0 Å². The third-order valence-corrected chi connectivity index (χ3v) is 4.60. The van der Waals surface area contributed by atoms with E-state index in [0.717, 1.165) is 22.7 Å². The Morgan fingerprint density at radius 2 is 2.04 bits per heavy atom. The molecule has 3 aromatic rings. The van der Waals surface area contributed by atoms with Crippen LogP contribution >= 0.6 is 11.3 Å². The summed E-state index contributed by atoms with van der Waals surface area (Å²) < 4.78 is 1.72. The maximum absolute atomic E-state index is 12.6. The number of hydrogen-bond acceptors (Lipinski definition) is 3. The van der Waals surface area contributed by atoms with Gasteiger partial charge in [0, 0.05) is 6.04 Å². The molecule has 0 radical (unpaired) electrons. The number of benzene rings is 1. The van der Waals surface area contributed by atoms with Crippen LogP contribution in [0, 0.1) is 0 Å². The molecule has 118 valence electrons. The Labute approximate surface area is 139 Å². The number of hydrogen-bond donors (Lipinski definition) is 1. The maximum Gasteiger partial charge on any atom is 0.270 e. The van der Waals surface area contributed by atoms with Gasteiger partial charge in [-0.1, -0.05) is 31.2 Å². The first-order valence-corrected chi connectivity index (χ1v) is 8.57. The Bertz CT molecular complexity index is 778. The smallest absolute Gasteiger partial charge is 0.270 e. The second-order valence-electron chi connectivity index (χ2n) is 5.42. The van der Waals surface area contributed by atoms with Gasteiger partial charge in [-0.15, -0.1) is 11.3 Å².